The molecule has 2 aliphatic carbocycles. The van der Waals surface area contributed by atoms with Crippen LogP contribution in [-0.2, 0) is 17.8 Å². The standard InChI is InChI=1S/C20H22N2O/c1-12-3-2-4-15-17-11-22(8-7-18(17)21-19(12)15)20(23)16-10-13-5-6-14(16)9-13/h2-6,13-14,16,21H,7-11H2,1H3/t13-,14+,16-/m1/s1. The van der Waals surface area contributed by atoms with Crippen molar-refractivity contribution in [2.45, 2.75) is 32.7 Å². The van der Waals surface area contributed by atoms with E-state index in [1.54, 1.807) is 0 Å². The summed E-state index contributed by atoms with van der Waals surface area (Å²) in [5, 5.41) is 1.30. The van der Waals surface area contributed by atoms with Crippen molar-refractivity contribution in [3.63, 3.8) is 0 Å². The van der Waals surface area contributed by atoms with Gasteiger partial charge in [0.05, 0.1) is 0 Å². The van der Waals surface area contributed by atoms with Gasteiger partial charge in [-0.05, 0) is 37.2 Å². The molecule has 1 aromatic carbocycles. The second kappa shape index (κ2) is 4.73. The number of nitrogens with one attached hydrogen (secondary N) is 1. The summed E-state index contributed by atoms with van der Waals surface area (Å²) in [7, 11) is 0. The third-order valence-corrected chi connectivity index (χ3v) is 6.13. The van der Waals surface area contributed by atoms with Crippen molar-refractivity contribution in [3.8, 4) is 0 Å². The molecule has 2 bridgehead atoms. The van der Waals surface area contributed by atoms with Crippen molar-refractivity contribution in [2.24, 2.45) is 17.8 Å². The fourth-order valence-corrected chi connectivity index (χ4v) is 4.87. The number of rotatable bonds is 1. The van der Waals surface area contributed by atoms with Crippen LogP contribution in [0.4, 0.5) is 0 Å². The molecular weight excluding hydrogens is 284 g/mol. The molecule has 3 nitrogen and oxygen atoms in total. The molecule has 0 saturated heterocycles. The zero-order valence-electron chi connectivity index (χ0n) is 13.5. The monoisotopic (exact) mass is 306 g/mol. The maximum atomic E-state index is 13.0. The van der Waals surface area contributed by atoms with Gasteiger partial charge in [0.15, 0.2) is 0 Å². The fourth-order valence-electron chi connectivity index (χ4n) is 4.87. The minimum absolute atomic E-state index is 0.235. The Labute approximate surface area is 136 Å². The molecule has 3 aliphatic rings. The number of aryl methyl sites for hydroxylation is 1. The highest BCUT2D eigenvalue weighted by Gasteiger charge is 2.42. The number of benzene rings is 1. The molecule has 3 heteroatoms. The van der Waals surface area contributed by atoms with Crippen LogP contribution in [0.3, 0.4) is 0 Å². The maximum absolute atomic E-state index is 13.0. The summed E-state index contributed by atoms with van der Waals surface area (Å²) in [6.45, 7) is 3.78. The maximum Gasteiger partial charge on any atom is 0.226 e. The van der Waals surface area contributed by atoms with Gasteiger partial charge in [-0.25, -0.2) is 0 Å². The van der Waals surface area contributed by atoms with Crippen LogP contribution in [0, 0.1) is 24.7 Å². The number of amides is 1. The lowest BCUT2D eigenvalue weighted by Crippen LogP contribution is -2.40. The molecule has 5 rings (SSSR count). The Morgan fingerprint density at radius 1 is 1.26 bits per heavy atom. The SMILES string of the molecule is Cc1cccc2c3c([nH]c12)CCN(C(=O)[C@@H]1C[C@@H]2C=C[C@H]1C2)C3. The van der Waals surface area contributed by atoms with Gasteiger partial charge in [0, 0.05) is 47.6 Å². The van der Waals surface area contributed by atoms with Gasteiger partial charge in [-0.2, -0.15) is 0 Å². The van der Waals surface area contributed by atoms with Gasteiger partial charge in [-0.15, -0.1) is 0 Å². The van der Waals surface area contributed by atoms with Gasteiger partial charge in [-0.1, -0.05) is 30.4 Å². The summed E-state index contributed by atoms with van der Waals surface area (Å²) < 4.78 is 0. The molecule has 1 aliphatic heterocycles. The van der Waals surface area contributed by atoms with Gasteiger partial charge in [0.2, 0.25) is 5.91 Å². The second-order valence-corrected chi connectivity index (χ2v) is 7.48. The Morgan fingerprint density at radius 2 is 2.17 bits per heavy atom. The van der Waals surface area contributed by atoms with Crippen LogP contribution in [0.2, 0.25) is 0 Å². The van der Waals surface area contributed by atoms with Crippen LogP contribution in [0.1, 0.15) is 29.7 Å². The topological polar surface area (TPSA) is 36.1 Å². The molecule has 2 aromatic rings. The summed E-state index contributed by atoms with van der Waals surface area (Å²) in [6.07, 6.45) is 7.80. The van der Waals surface area contributed by atoms with Gasteiger partial charge >= 0.3 is 0 Å². The van der Waals surface area contributed by atoms with E-state index in [9.17, 15) is 4.79 Å². The molecule has 0 spiro atoms. The third kappa shape index (κ3) is 1.92. The van der Waals surface area contributed by atoms with E-state index >= 15 is 0 Å². The van der Waals surface area contributed by atoms with Crippen molar-refractivity contribution < 1.29 is 4.79 Å². The molecular formula is C20H22N2O. The number of fused-ring (bicyclic) bond motifs is 5. The van der Waals surface area contributed by atoms with Crippen LogP contribution in [-0.4, -0.2) is 22.3 Å². The zero-order valence-corrected chi connectivity index (χ0v) is 13.5. The Hall–Kier alpha value is -2.03. The first kappa shape index (κ1) is 13.4. The number of H-pyrrole nitrogens is 1. The van der Waals surface area contributed by atoms with Crippen molar-refractivity contribution in [1.82, 2.24) is 9.88 Å². The lowest BCUT2D eigenvalue weighted by atomic mass is 9.91. The number of para-hydroxylation sites is 1. The molecule has 118 valence electrons. The highest BCUT2D eigenvalue weighted by molar-refractivity contribution is 5.88. The molecule has 1 N–H and O–H groups in total. The van der Waals surface area contributed by atoms with Gasteiger partial charge < -0.3 is 9.88 Å². The van der Waals surface area contributed by atoms with Gasteiger partial charge in [-0.3, -0.25) is 4.79 Å². The predicted molar refractivity (Wildman–Crippen MR) is 91.0 cm³/mol. The first-order valence-electron chi connectivity index (χ1n) is 8.77. The zero-order chi connectivity index (χ0) is 15.6. The number of hydrogen-bond donors (Lipinski definition) is 1. The van der Waals surface area contributed by atoms with E-state index in [1.165, 1.54) is 34.1 Å². The molecule has 1 amide bonds. The van der Waals surface area contributed by atoms with Crippen LogP contribution >= 0.6 is 0 Å². The lowest BCUT2D eigenvalue weighted by Gasteiger charge is -2.31. The average molecular weight is 306 g/mol. The minimum atomic E-state index is 0.235. The van der Waals surface area contributed by atoms with Crippen LogP contribution in [0.25, 0.3) is 10.9 Å². The summed E-state index contributed by atoms with van der Waals surface area (Å²) >= 11 is 0. The Bertz CT molecular complexity index is 832. The fraction of sp³-hybridized carbons (Fsp3) is 0.450. The molecule has 1 fully saturated rings. The molecule has 0 unspecified atom stereocenters. The number of hydrogen-bond acceptors (Lipinski definition) is 1. The van der Waals surface area contributed by atoms with Crippen molar-refractivity contribution in [2.75, 3.05) is 6.54 Å². The van der Waals surface area contributed by atoms with Crippen LogP contribution in [0.5, 0.6) is 0 Å². The van der Waals surface area contributed by atoms with Gasteiger partial charge in [0.1, 0.15) is 0 Å². The number of aromatic nitrogens is 1. The predicted octanol–water partition coefficient (Wildman–Crippen LogP) is 3.57. The first-order valence-corrected chi connectivity index (χ1v) is 8.77. The number of allylic oxidation sites excluding steroid dienone is 2. The Morgan fingerprint density at radius 3 is 2.96 bits per heavy atom. The summed E-state index contributed by atoms with van der Waals surface area (Å²) in [6, 6.07) is 6.45. The molecule has 23 heavy (non-hydrogen) atoms. The van der Waals surface area contributed by atoms with Gasteiger partial charge in [0.25, 0.3) is 0 Å². The number of aromatic amines is 1. The quantitative estimate of drug-likeness (QED) is 0.803. The average Bonchev–Trinajstić information content (AvgIpc) is 3.27. The van der Waals surface area contributed by atoms with E-state index in [4.69, 9.17) is 0 Å². The van der Waals surface area contributed by atoms with E-state index in [2.05, 4.69) is 47.2 Å². The molecule has 1 aromatic heterocycles. The summed E-state index contributed by atoms with van der Waals surface area (Å²) in [4.78, 5) is 18.7. The molecule has 3 atom stereocenters. The Balaban J connectivity index is 1.46. The van der Waals surface area contributed by atoms with E-state index in [-0.39, 0.29) is 5.92 Å². The van der Waals surface area contributed by atoms with E-state index in [0.29, 0.717) is 17.7 Å². The number of carbonyl (C=O) groups excluding carboxylic acids is 1. The Kier molecular flexibility index (Phi) is 2.76. The smallest absolute Gasteiger partial charge is 0.226 e. The third-order valence-electron chi connectivity index (χ3n) is 6.13. The van der Waals surface area contributed by atoms with E-state index in [0.717, 1.165) is 25.9 Å². The molecule has 1 saturated carbocycles. The molecule has 2 heterocycles. The summed E-state index contributed by atoms with van der Waals surface area (Å²) in [5.74, 6) is 1.78. The van der Waals surface area contributed by atoms with Crippen molar-refractivity contribution in [3.05, 3.63) is 47.2 Å². The van der Waals surface area contributed by atoms with E-state index < -0.39 is 0 Å². The highest BCUT2D eigenvalue weighted by Crippen LogP contribution is 2.44. The van der Waals surface area contributed by atoms with Crippen molar-refractivity contribution in [1.29, 1.82) is 0 Å². The molecule has 0 radical (unpaired) electrons. The van der Waals surface area contributed by atoms with E-state index in [1.807, 2.05) is 0 Å². The number of carbonyl (C=O) groups is 1. The normalized spacial score (nSPS) is 28.6. The first-order chi connectivity index (χ1) is 11.2. The second-order valence-electron chi connectivity index (χ2n) is 7.48. The minimum Gasteiger partial charge on any atom is -0.358 e. The number of nitrogens with zero attached hydrogens (tertiary/aromatic N) is 1. The largest absolute Gasteiger partial charge is 0.358 e. The van der Waals surface area contributed by atoms with Crippen molar-refractivity contribution >= 4 is 16.8 Å². The highest BCUT2D eigenvalue weighted by atomic mass is 16.2. The van der Waals surface area contributed by atoms with Crippen LogP contribution in [0.15, 0.2) is 30.4 Å². The lowest BCUT2D eigenvalue weighted by molar-refractivity contribution is -0.137. The van der Waals surface area contributed by atoms with Crippen LogP contribution < -0.4 is 0 Å². The summed E-state index contributed by atoms with van der Waals surface area (Å²) in [5.41, 5.74) is 5.19.